The van der Waals surface area contributed by atoms with Crippen LogP contribution in [-0.4, -0.2) is 25.7 Å². The number of pyridine rings is 1. The molecular weight excluding hydrogens is 291 g/mol. The Labute approximate surface area is 115 Å². The minimum absolute atomic E-state index is 0.0974. The molecule has 0 saturated carbocycles. The van der Waals surface area contributed by atoms with Crippen LogP contribution in [0.3, 0.4) is 0 Å². The molecule has 0 unspecified atom stereocenters. The van der Waals surface area contributed by atoms with Gasteiger partial charge in [0.05, 0.1) is 0 Å². The molecule has 0 radical (unpaired) electrons. The van der Waals surface area contributed by atoms with Crippen LogP contribution in [0.5, 0.6) is 0 Å². The monoisotopic (exact) mass is 301 g/mol. The summed E-state index contributed by atoms with van der Waals surface area (Å²) in [6.07, 6.45) is -3.25. The second-order valence-electron chi connectivity index (χ2n) is 4.04. The molecule has 0 fully saturated rings. The highest BCUT2D eigenvalue weighted by atomic mass is 19.4. The second kappa shape index (κ2) is 5.77. The molecule has 0 aliphatic carbocycles. The highest BCUT2D eigenvalue weighted by molar-refractivity contribution is 5.88. The number of nitrogens with zero attached hydrogens (tertiary/aromatic N) is 3. The van der Waals surface area contributed by atoms with Gasteiger partial charge in [0.25, 0.3) is 5.56 Å². The van der Waals surface area contributed by atoms with Crippen LogP contribution < -0.4 is 10.9 Å². The molecule has 0 saturated heterocycles. The van der Waals surface area contributed by atoms with E-state index in [1.54, 1.807) is 17.2 Å². The summed E-state index contributed by atoms with van der Waals surface area (Å²) in [6, 6.07) is 4.53. The smallest absolute Gasteiger partial charge is 0.315 e. The standard InChI is InChI=1S/C11H10F3N5O2/c12-11(13,14)9-16-10(18-17-9)15-7(20)4-6-19-5-2-1-3-8(19)21/h1-3,5H,4,6H2,(H2,15,16,17,18,20). The molecule has 0 bridgehead atoms. The fourth-order valence-electron chi connectivity index (χ4n) is 1.50. The molecule has 2 aromatic rings. The molecule has 2 aromatic heterocycles. The molecule has 0 atom stereocenters. The number of aromatic nitrogens is 4. The van der Waals surface area contributed by atoms with E-state index in [4.69, 9.17) is 0 Å². The van der Waals surface area contributed by atoms with Crippen molar-refractivity contribution < 1.29 is 18.0 Å². The van der Waals surface area contributed by atoms with Crippen LogP contribution in [0.25, 0.3) is 0 Å². The number of halogens is 3. The van der Waals surface area contributed by atoms with Gasteiger partial charge in [0.2, 0.25) is 17.7 Å². The van der Waals surface area contributed by atoms with Crippen LogP contribution in [0.2, 0.25) is 0 Å². The fraction of sp³-hybridized carbons (Fsp3) is 0.273. The number of H-pyrrole nitrogens is 1. The number of carbonyl (C=O) groups is 1. The lowest BCUT2D eigenvalue weighted by Crippen LogP contribution is -2.22. The minimum Gasteiger partial charge on any atom is -0.315 e. The van der Waals surface area contributed by atoms with Crippen LogP contribution in [-0.2, 0) is 17.5 Å². The fourth-order valence-corrected chi connectivity index (χ4v) is 1.50. The first-order valence-electron chi connectivity index (χ1n) is 5.81. The van der Waals surface area contributed by atoms with Gasteiger partial charge in [0, 0.05) is 25.2 Å². The van der Waals surface area contributed by atoms with E-state index < -0.39 is 23.9 Å². The largest absolute Gasteiger partial charge is 0.451 e. The van der Waals surface area contributed by atoms with E-state index in [0.29, 0.717) is 0 Å². The topological polar surface area (TPSA) is 92.7 Å². The van der Waals surface area contributed by atoms with Crippen molar-refractivity contribution in [3.05, 3.63) is 40.6 Å². The van der Waals surface area contributed by atoms with E-state index in [1.807, 2.05) is 0 Å². The summed E-state index contributed by atoms with van der Waals surface area (Å²) in [7, 11) is 0. The Balaban J connectivity index is 1.92. The van der Waals surface area contributed by atoms with Gasteiger partial charge in [-0.3, -0.25) is 20.0 Å². The van der Waals surface area contributed by atoms with Gasteiger partial charge in [-0.25, -0.2) is 0 Å². The predicted octanol–water partition coefficient (Wildman–Crippen LogP) is 1.01. The normalized spacial score (nSPS) is 11.4. The summed E-state index contributed by atoms with van der Waals surface area (Å²) in [5.41, 5.74) is -0.275. The molecule has 21 heavy (non-hydrogen) atoms. The van der Waals surface area contributed by atoms with Crippen molar-refractivity contribution in [3.63, 3.8) is 0 Å². The van der Waals surface area contributed by atoms with Crippen molar-refractivity contribution in [3.8, 4) is 0 Å². The SMILES string of the molecule is O=C(CCn1ccccc1=O)Nc1n[nH]c(C(F)(F)F)n1. The van der Waals surface area contributed by atoms with Crippen molar-refractivity contribution in [1.29, 1.82) is 0 Å². The quantitative estimate of drug-likeness (QED) is 0.881. The predicted molar refractivity (Wildman–Crippen MR) is 65.3 cm³/mol. The Morgan fingerprint density at radius 3 is 2.76 bits per heavy atom. The van der Waals surface area contributed by atoms with Gasteiger partial charge >= 0.3 is 6.18 Å². The van der Waals surface area contributed by atoms with Crippen LogP contribution in [0, 0.1) is 0 Å². The lowest BCUT2D eigenvalue weighted by atomic mass is 10.3. The first kappa shape index (κ1) is 14.8. The van der Waals surface area contributed by atoms with E-state index in [-0.39, 0.29) is 18.5 Å². The Hall–Kier alpha value is -2.65. The second-order valence-corrected chi connectivity index (χ2v) is 4.04. The lowest BCUT2D eigenvalue weighted by Gasteiger charge is -2.04. The Morgan fingerprint density at radius 1 is 1.38 bits per heavy atom. The highest BCUT2D eigenvalue weighted by Gasteiger charge is 2.35. The summed E-state index contributed by atoms with van der Waals surface area (Å²) in [6.45, 7) is 0.0993. The molecule has 10 heteroatoms. The zero-order valence-electron chi connectivity index (χ0n) is 10.5. The van der Waals surface area contributed by atoms with Crippen molar-refractivity contribution in [2.45, 2.75) is 19.1 Å². The van der Waals surface area contributed by atoms with Gasteiger partial charge in [-0.2, -0.15) is 18.2 Å². The van der Waals surface area contributed by atoms with Gasteiger partial charge in [-0.1, -0.05) is 6.07 Å². The number of amides is 1. The van der Waals surface area contributed by atoms with Crippen LogP contribution in [0.4, 0.5) is 19.1 Å². The maximum absolute atomic E-state index is 12.3. The number of hydrogen-bond donors (Lipinski definition) is 2. The van der Waals surface area contributed by atoms with Crippen LogP contribution >= 0.6 is 0 Å². The zero-order valence-corrected chi connectivity index (χ0v) is 10.5. The van der Waals surface area contributed by atoms with Crippen LogP contribution in [0.15, 0.2) is 29.2 Å². The number of aromatic amines is 1. The maximum atomic E-state index is 12.3. The number of alkyl halides is 3. The first-order valence-corrected chi connectivity index (χ1v) is 5.81. The van der Waals surface area contributed by atoms with Crippen molar-refractivity contribution in [2.75, 3.05) is 5.32 Å². The zero-order chi connectivity index (χ0) is 15.5. The maximum Gasteiger partial charge on any atom is 0.451 e. The molecule has 2 rings (SSSR count). The van der Waals surface area contributed by atoms with Gasteiger partial charge in [-0.15, -0.1) is 5.10 Å². The van der Waals surface area contributed by atoms with E-state index in [0.717, 1.165) is 0 Å². The molecule has 7 nitrogen and oxygen atoms in total. The van der Waals surface area contributed by atoms with Gasteiger partial charge < -0.3 is 4.57 Å². The number of aryl methyl sites for hydroxylation is 1. The number of carbonyl (C=O) groups excluding carboxylic acids is 1. The summed E-state index contributed by atoms with van der Waals surface area (Å²) in [5, 5.41) is 7.03. The molecule has 0 spiro atoms. The third-order valence-electron chi connectivity index (χ3n) is 2.48. The average molecular weight is 301 g/mol. The Morgan fingerprint density at radius 2 is 2.14 bits per heavy atom. The highest BCUT2D eigenvalue weighted by Crippen LogP contribution is 2.26. The Bertz CT molecular complexity index is 691. The Kier molecular flexibility index (Phi) is 4.05. The van der Waals surface area contributed by atoms with Crippen molar-refractivity contribution in [2.24, 2.45) is 0 Å². The molecule has 0 aromatic carbocycles. The van der Waals surface area contributed by atoms with Gasteiger partial charge in [0.1, 0.15) is 0 Å². The van der Waals surface area contributed by atoms with E-state index in [2.05, 4.69) is 15.4 Å². The average Bonchev–Trinajstić information content (AvgIpc) is 2.86. The summed E-state index contributed by atoms with van der Waals surface area (Å²) in [4.78, 5) is 26.0. The molecule has 1 amide bonds. The minimum atomic E-state index is -4.66. The molecule has 112 valence electrons. The summed E-state index contributed by atoms with van der Waals surface area (Å²) >= 11 is 0. The van der Waals surface area contributed by atoms with Gasteiger partial charge in [-0.05, 0) is 6.07 Å². The van der Waals surface area contributed by atoms with E-state index in [9.17, 15) is 22.8 Å². The lowest BCUT2D eigenvalue weighted by molar-refractivity contribution is -0.144. The molecule has 0 aliphatic heterocycles. The number of nitrogens with one attached hydrogen (secondary N) is 2. The van der Waals surface area contributed by atoms with Gasteiger partial charge in [0.15, 0.2) is 0 Å². The van der Waals surface area contributed by atoms with Crippen molar-refractivity contribution >= 4 is 11.9 Å². The number of anilines is 1. The number of hydrogen-bond acceptors (Lipinski definition) is 4. The third kappa shape index (κ3) is 3.91. The number of rotatable bonds is 4. The molecular formula is C11H10F3N5O2. The first-order chi connectivity index (χ1) is 9.86. The van der Waals surface area contributed by atoms with E-state index in [1.165, 1.54) is 16.8 Å². The van der Waals surface area contributed by atoms with Crippen LogP contribution in [0.1, 0.15) is 12.2 Å². The molecule has 2 N–H and O–H groups in total. The summed E-state index contributed by atoms with van der Waals surface area (Å²) < 4.78 is 38.1. The molecule has 0 aliphatic rings. The third-order valence-corrected chi connectivity index (χ3v) is 2.48. The van der Waals surface area contributed by atoms with Crippen molar-refractivity contribution in [1.82, 2.24) is 19.7 Å². The summed E-state index contributed by atoms with van der Waals surface area (Å²) in [5.74, 6) is -2.36. The molecule has 2 heterocycles. The van der Waals surface area contributed by atoms with E-state index >= 15 is 0 Å².